The molecule has 1 atom stereocenters. The summed E-state index contributed by atoms with van der Waals surface area (Å²) in [6, 6.07) is 0. The van der Waals surface area contributed by atoms with Crippen LogP contribution in [0.1, 0.15) is 34.1 Å². The lowest BCUT2D eigenvalue weighted by Crippen LogP contribution is -2.15. The molecule has 8 N–H and O–H groups in total. The largest absolute Gasteiger partial charge is 0.397 e. The fourth-order valence-electron chi connectivity index (χ4n) is 0.245. The highest BCUT2D eigenvalue weighted by atomic mass is 16.3. The molecule has 0 amide bonds. The molecule has 0 aromatic carbocycles. The van der Waals surface area contributed by atoms with E-state index in [1.165, 1.54) is 0 Å². The highest BCUT2D eigenvalue weighted by molar-refractivity contribution is 4.44. The fourth-order valence-corrected chi connectivity index (χ4v) is 0.245. The van der Waals surface area contributed by atoms with Crippen molar-refractivity contribution in [2.24, 2.45) is 0 Å². The van der Waals surface area contributed by atoms with Gasteiger partial charge in [0.05, 0.1) is 19.3 Å². The van der Waals surface area contributed by atoms with Gasteiger partial charge in [-0.1, -0.05) is 0 Å². The lowest BCUT2D eigenvalue weighted by molar-refractivity contribution is 0.0450. The standard InChI is InChI=1S/C4H10O2.C3H8O3.3C2H6O/c1-4(6)2-3-5;4-1-3(6)2-5;3*1-2-3/h4-6H,2-3H2,1H3;3-6H,1-2H2;3*3H,2H2,1H3. The zero-order chi connectivity index (χ0) is 18.1. The quantitative estimate of drug-likeness (QED) is 0.297. The van der Waals surface area contributed by atoms with Crippen molar-refractivity contribution in [3.8, 4) is 0 Å². The van der Waals surface area contributed by atoms with Crippen LogP contribution >= 0.6 is 0 Å². The van der Waals surface area contributed by atoms with E-state index in [0.29, 0.717) is 6.42 Å². The van der Waals surface area contributed by atoms with Crippen molar-refractivity contribution in [1.29, 1.82) is 0 Å². The van der Waals surface area contributed by atoms with E-state index in [9.17, 15) is 0 Å². The second-order valence-electron chi connectivity index (χ2n) is 3.33. The zero-order valence-electron chi connectivity index (χ0n) is 13.7. The van der Waals surface area contributed by atoms with E-state index < -0.39 is 6.10 Å². The van der Waals surface area contributed by atoms with Gasteiger partial charge in [0.1, 0.15) is 6.10 Å². The summed E-state index contributed by atoms with van der Waals surface area (Å²) in [5.74, 6) is 0. The number of aliphatic hydroxyl groups is 8. The molecule has 0 radical (unpaired) electrons. The van der Waals surface area contributed by atoms with Gasteiger partial charge in [-0.15, -0.1) is 0 Å². The van der Waals surface area contributed by atoms with E-state index in [2.05, 4.69) is 0 Å². The number of hydrogen-bond donors (Lipinski definition) is 8. The van der Waals surface area contributed by atoms with Gasteiger partial charge >= 0.3 is 0 Å². The third kappa shape index (κ3) is 138. The van der Waals surface area contributed by atoms with Gasteiger partial charge in [0.15, 0.2) is 0 Å². The van der Waals surface area contributed by atoms with Crippen LogP contribution < -0.4 is 0 Å². The predicted molar refractivity (Wildman–Crippen MR) is 81.8 cm³/mol. The normalized spacial score (nSPS) is 9.57. The van der Waals surface area contributed by atoms with Crippen LogP contribution in [0.15, 0.2) is 0 Å². The summed E-state index contributed by atoms with van der Waals surface area (Å²) in [5.41, 5.74) is 0. The predicted octanol–water partition coefficient (Wildman–Crippen LogP) is -1.92. The summed E-state index contributed by atoms with van der Waals surface area (Å²) in [4.78, 5) is 0. The van der Waals surface area contributed by atoms with Crippen LogP contribution in [0.4, 0.5) is 0 Å². The summed E-state index contributed by atoms with van der Waals surface area (Å²) >= 11 is 0. The SMILES string of the molecule is CC(O)CCO.CCO.CCO.CCO.OCC(O)CO. The zero-order valence-corrected chi connectivity index (χ0v) is 13.7. The van der Waals surface area contributed by atoms with Crippen molar-refractivity contribution in [3.05, 3.63) is 0 Å². The number of aliphatic hydroxyl groups excluding tert-OH is 8. The molecule has 0 aromatic heterocycles. The van der Waals surface area contributed by atoms with Crippen molar-refractivity contribution in [3.63, 3.8) is 0 Å². The van der Waals surface area contributed by atoms with E-state index >= 15 is 0 Å². The minimum atomic E-state index is -0.954. The molecule has 0 aliphatic carbocycles. The van der Waals surface area contributed by atoms with Crippen LogP contribution in [0.3, 0.4) is 0 Å². The smallest absolute Gasteiger partial charge is 0.100 e. The van der Waals surface area contributed by atoms with Crippen LogP contribution in [-0.2, 0) is 0 Å². The Balaban J connectivity index is -0.0000000533. The fraction of sp³-hybridized carbons (Fsp3) is 1.00. The summed E-state index contributed by atoms with van der Waals surface area (Å²) < 4.78 is 0. The average Bonchev–Trinajstić information content (AvgIpc) is 2.41. The first-order valence-electron chi connectivity index (χ1n) is 6.84. The van der Waals surface area contributed by atoms with Crippen LogP contribution in [0, 0.1) is 0 Å². The molecule has 0 aliphatic rings. The molecule has 8 nitrogen and oxygen atoms in total. The Bertz CT molecular complexity index is 106. The highest BCUT2D eigenvalue weighted by Gasteiger charge is 1.93. The third-order valence-corrected chi connectivity index (χ3v) is 0.968. The van der Waals surface area contributed by atoms with Gasteiger partial charge in [-0.2, -0.15) is 0 Å². The Morgan fingerprint density at radius 2 is 0.905 bits per heavy atom. The van der Waals surface area contributed by atoms with Gasteiger partial charge < -0.3 is 40.9 Å². The topological polar surface area (TPSA) is 162 Å². The van der Waals surface area contributed by atoms with Gasteiger partial charge in [-0.25, -0.2) is 0 Å². The maximum atomic E-state index is 8.39. The second-order valence-corrected chi connectivity index (χ2v) is 3.33. The molecule has 0 fully saturated rings. The molecule has 0 spiro atoms. The first-order chi connectivity index (χ1) is 9.82. The van der Waals surface area contributed by atoms with Crippen molar-refractivity contribution in [2.75, 3.05) is 39.6 Å². The van der Waals surface area contributed by atoms with Crippen molar-refractivity contribution >= 4 is 0 Å². The minimum Gasteiger partial charge on any atom is -0.397 e. The highest BCUT2D eigenvalue weighted by Crippen LogP contribution is 1.83. The Labute approximate surface area is 127 Å². The Morgan fingerprint density at radius 1 is 0.667 bits per heavy atom. The van der Waals surface area contributed by atoms with E-state index in [0.717, 1.165) is 0 Å². The lowest BCUT2D eigenvalue weighted by atomic mass is 10.3. The molecule has 21 heavy (non-hydrogen) atoms. The van der Waals surface area contributed by atoms with Crippen LogP contribution in [0.25, 0.3) is 0 Å². The molecule has 1 unspecified atom stereocenters. The number of rotatable bonds is 4. The minimum absolute atomic E-state index is 0.0810. The molecule has 0 saturated heterocycles. The molecular formula is C13H36O8. The maximum Gasteiger partial charge on any atom is 0.100 e. The maximum absolute atomic E-state index is 8.39. The summed E-state index contributed by atoms with van der Waals surface area (Å²) in [6.45, 7) is 6.79. The molecule has 0 bridgehead atoms. The van der Waals surface area contributed by atoms with E-state index in [4.69, 9.17) is 40.9 Å². The van der Waals surface area contributed by atoms with Gasteiger partial charge in [0.25, 0.3) is 0 Å². The molecule has 0 heterocycles. The van der Waals surface area contributed by atoms with E-state index in [-0.39, 0.29) is 45.7 Å². The molecule has 8 heteroatoms. The lowest BCUT2D eigenvalue weighted by Gasteiger charge is -1.96. The van der Waals surface area contributed by atoms with Gasteiger partial charge in [-0.05, 0) is 34.1 Å². The van der Waals surface area contributed by atoms with Crippen LogP contribution in [-0.4, -0.2) is 92.7 Å². The van der Waals surface area contributed by atoms with Crippen molar-refractivity contribution in [1.82, 2.24) is 0 Å². The Kier molecular flexibility index (Phi) is 66.3. The monoisotopic (exact) mass is 320 g/mol. The molecule has 0 rings (SSSR count). The average molecular weight is 320 g/mol. The van der Waals surface area contributed by atoms with Gasteiger partial charge in [0, 0.05) is 26.4 Å². The summed E-state index contributed by atoms with van der Waals surface area (Å²) in [7, 11) is 0. The Morgan fingerprint density at radius 3 is 0.905 bits per heavy atom. The van der Waals surface area contributed by atoms with Crippen molar-refractivity contribution in [2.45, 2.75) is 46.3 Å². The van der Waals surface area contributed by atoms with E-state index in [1.807, 2.05) is 0 Å². The van der Waals surface area contributed by atoms with E-state index in [1.54, 1.807) is 27.7 Å². The van der Waals surface area contributed by atoms with Crippen molar-refractivity contribution < 1.29 is 40.9 Å². The molecule has 136 valence electrons. The molecule has 0 saturated carbocycles. The van der Waals surface area contributed by atoms with Crippen LogP contribution in [0.5, 0.6) is 0 Å². The van der Waals surface area contributed by atoms with Gasteiger partial charge in [0.2, 0.25) is 0 Å². The Hall–Kier alpha value is -0.320. The summed E-state index contributed by atoms with van der Waals surface area (Å²) in [5, 5.41) is 63.2. The first kappa shape index (κ1) is 32.6. The molecular weight excluding hydrogens is 284 g/mol. The molecule has 0 aliphatic heterocycles. The third-order valence-electron chi connectivity index (χ3n) is 0.968. The number of hydrogen-bond acceptors (Lipinski definition) is 8. The van der Waals surface area contributed by atoms with Gasteiger partial charge in [-0.3, -0.25) is 0 Å². The second kappa shape index (κ2) is 42.7. The first-order valence-corrected chi connectivity index (χ1v) is 6.84. The van der Waals surface area contributed by atoms with Crippen LogP contribution in [0.2, 0.25) is 0 Å². The summed E-state index contributed by atoms with van der Waals surface area (Å²) in [6.07, 6.45) is -0.819. The molecule has 0 aromatic rings.